The van der Waals surface area contributed by atoms with Gasteiger partial charge in [-0.3, -0.25) is 0 Å². The van der Waals surface area contributed by atoms with Gasteiger partial charge in [0.05, 0.1) is 6.04 Å². The van der Waals surface area contributed by atoms with Gasteiger partial charge in [0.25, 0.3) is 0 Å². The lowest BCUT2D eigenvalue weighted by Gasteiger charge is -2.16. The Morgan fingerprint density at radius 3 is 2.90 bits per heavy atom. The Kier molecular flexibility index (Phi) is 3.40. The molecule has 10 heavy (non-hydrogen) atoms. The lowest BCUT2D eigenvalue weighted by Crippen LogP contribution is -2.42. The monoisotopic (exact) mass is 142 g/mol. The van der Waals surface area contributed by atoms with Crippen LogP contribution in [0.25, 0.3) is 0 Å². The van der Waals surface area contributed by atoms with Crippen LogP contribution < -0.4 is 10.6 Å². The molecule has 1 atom stereocenters. The maximum absolute atomic E-state index is 10.3. The van der Waals surface area contributed by atoms with Crippen LogP contribution in [0.4, 0.5) is 0 Å². The summed E-state index contributed by atoms with van der Waals surface area (Å²) in [5.74, 6) is 0. The molecular weight excluding hydrogens is 128 g/mol. The van der Waals surface area contributed by atoms with Gasteiger partial charge in [-0.05, 0) is 25.9 Å². The number of rotatable bonds is 1. The first-order valence-electron chi connectivity index (χ1n) is 3.83. The highest BCUT2D eigenvalue weighted by molar-refractivity contribution is 5.57. The fourth-order valence-corrected chi connectivity index (χ4v) is 1.09. The van der Waals surface area contributed by atoms with Crippen LogP contribution in [0.5, 0.6) is 0 Å². The molecule has 1 unspecified atom stereocenters. The smallest absolute Gasteiger partial charge is 0.138 e. The highest BCUT2D eigenvalue weighted by Gasteiger charge is 2.06. The molecule has 1 aliphatic heterocycles. The lowest BCUT2D eigenvalue weighted by molar-refractivity contribution is -0.109. The third kappa shape index (κ3) is 2.45. The van der Waals surface area contributed by atoms with E-state index in [0.717, 1.165) is 32.3 Å². The van der Waals surface area contributed by atoms with Crippen molar-refractivity contribution in [3.05, 3.63) is 0 Å². The van der Waals surface area contributed by atoms with Crippen molar-refractivity contribution in [1.29, 1.82) is 0 Å². The van der Waals surface area contributed by atoms with E-state index in [1.807, 2.05) is 0 Å². The Hall–Kier alpha value is -0.410. The van der Waals surface area contributed by atoms with Crippen molar-refractivity contribution in [2.75, 3.05) is 19.6 Å². The summed E-state index contributed by atoms with van der Waals surface area (Å²) < 4.78 is 0. The Bertz CT molecular complexity index is 97.8. The van der Waals surface area contributed by atoms with Crippen LogP contribution in [0.1, 0.15) is 12.8 Å². The molecule has 0 bridgehead atoms. The van der Waals surface area contributed by atoms with Crippen LogP contribution in [0.15, 0.2) is 0 Å². The summed E-state index contributed by atoms with van der Waals surface area (Å²) >= 11 is 0. The zero-order chi connectivity index (χ0) is 7.23. The van der Waals surface area contributed by atoms with Gasteiger partial charge in [-0.2, -0.15) is 0 Å². The van der Waals surface area contributed by atoms with Crippen LogP contribution >= 0.6 is 0 Å². The van der Waals surface area contributed by atoms with Crippen molar-refractivity contribution < 1.29 is 4.79 Å². The summed E-state index contributed by atoms with van der Waals surface area (Å²) in [5.41, 5.74) is 0. The Morgan fingerprint density at radius 2 is 2.10 bits per heavy atom. The number of carbonyl (C=O) groups excluding carboxylic acids is 1. The Balaban J connectivity index is 2.22. The summed E-state index contributed by atoms with van der Waals surface area (Å²) in [7, 11) is 0. The predicted molar refractivity (Wildman–Crippen MR) is 40.0 cm³/mol. The van der Waals surface area contributed by atoms with Crippen molar-refractivity contribution in [3.8, 4) is 0 Å². The highest BCUT2D eigenvalue weighted by Crippen LogP contribution is 1.89. The Labute approximate surface area is 61.2 Å². The molecule has 0 aromatic heterocycles. The molecular formula is C7H14N2O. The van der Waals surface area contributed by atoms with Crippen molar-refractivity contribution in [2.24, 2.45) is 0 Å². The fraction of sp³-hybridized carbons (Fsp3) is 0.857. The van der Waals surface area contributed by atoms with E-state index in [0.29, 0.717) is 0 Å². The van der Waals surface area contributed by atoms with Gasteiger partial charge in [-0.1, -0.05) is 0 Å². The standard InChI is InChI=1S/C7H14N2O/c10-6-7-5-8-3-1-2-4-9-7/h6-9H,1-5H2. The number of nitrogens with one attached hydrogen (secondary N) is 2. The molecule has 0 spiro atoms. The SMILES string of the molecule is O=CC1CNCCCCN1. The summed E-state index contributed by atoms with van der Waals surface area (Å²) in [4.78, 5) is 10.3. The summed E-state index contributed by atoms with van der Waals surface area (Å²) in [6, 6.07) is 0.0281. The minimum Gasteiger partial charge on any atom is -0.315 e. The van der Waals surface area contributed by atoms with E-state index in [1.54, 1.807) is 0 Å². The molecule has 0 radical (unpaired) electrons. The van der Waals surface area contributed by atoms with Gasteiger partial charge >= 0.3 is 0 Å². The maximum atomic E-state index is 10.3. The quantitative estimate of drug-likeness (QED) is 0.486. The fourth-order valence-electron chi connectivity index (χ4n) is 1.09. The molecule has 0 aromatic carbocycles. The van der Waals surface area contributed by atoms with Crippen molar-refractivity contribution >= 4 is 6.29 Å². The van der Waals surface area contributed by atoms with E-state index in [2.05, 4.69) is 10.6 Å². The van der Waals surface area contributed by atoms with Crippen LogP contribution in [0, 0.1) is 0 Å². The second-order valence-corrected chi connectivity index (χ2v) is 2.61. The summed E-state index contributed by atoms with van der Waals surface area (Å²) in [6.45, 7) is 2.81. The second-order valence-electron chi connectivity index (χ2n) is 2.61. The van der Waals surface area contributed by atoms with Crippen molar-refractivity contribution in [3.63, 3.8) is 0 Å². The van der Waals surface area contributed by atoms with Gasteiger partial charge in [-0.25, -0.2) is 0 Å². The van der Waals surface area contributed by atoms with Crippen LogP contribution in [0.3, 0.4) is 0 Å². The highest BCUT2D eigenvalue weighted by atomic mass is 16.1. The molecule has 1 rings (SSSR count). The number of hydrogen-bond acceptors (Lipinski definition) is 3. The molecule has 1 aliphatic rings. The molecule has 2 N–H and O–H groups in total. The largest absolute Gasteiger partial charge is 0.315 e. The Morgan fingerprint density at radius 1 is 1.30 bits per heavy atom. The van der Waals surface area contributed by atoms with Crippen molar-refractivity contribution in [2.45, 2.75) is 18.9 Å². The third-order valence-electron chi connectivity index (χ3n) is 1.72. The minimum atomic E-state index is 0.0281. The van der Waals surface area contributed by atoms with Gasteiger partial charge in [0.1, 0.15) is 6.29 Å². The first-order valence-corrected chi connectivity index (χ1v) is 3.83. The first kappa shape index (κ1) is 7.69. The normalized spacial score (nSPS) is 28.6. The van der Waals surface area contributed by atoms with E-state index >= 15 is 0 Å². The van der Waals surface area contributed by atoms with E-state index < -0.39 is 0 Å². The molecule has 1 heterocycles. The molecule has 0 aliphatic carbocycles. The summed E-state index contributed by atoms with van der Waals surface area (Å²) in [5, 5.41) is 6.34. The number of aldehydes is 1. The lowest BCUT2D eigenvalue weighted by atomic mass is 10.2. The maximum Gasteiger partial charge on any atom is 0.138 e. The first-order chi connectivity index (χ1) is 4.93. The van der Waals surface area contributed by atoms with Crippen LogP contribution in [-0.2, 0) is 4.79 Å². The molecule has 0 saturated carbocycles. The van der Waals surface area contributed by atoms with Crippen LogP contribution in [0.2, 0.25) is 0 Å². The number of carbonyl (C=O) groups is 1. The average molecular weight is 142 g/mol. The molecule has 0 amide bonds. The molecule has 1 fully saturated rings. The molecule has 3 nitrogen and oxygen atoms in total. The van der Waals surface area contributed by atoms with Crippen LogP contribution in [-0.4, -0.2) is 32.0 Å². The van der Waals surface area contributed by atoms with Gasteiger partial charge in [0.15, 0.2) is 0 Å². The average Bonchev–Trinajstić information content (AvgIpc) is 1.87. The molecule has 1 saturated heterocycles. The zero-order valence-corrected chi connectivity index (χ0v) is 6.10. The van der Waals surface area contributed by atoms with E-state index in [9.17, 15) is 4.79 Å². The van der Waals surface area contributed by atoms with E-state index in [4.69, 9.17) is 0 Å². The topological polar surface area (TPSA) is 41.1 Å². The summed E-state index contributed by atoms with van der Waals surface area (Å²) in [6.07, 6.45) is 3.34. The van der Waals surface area contributed by atoms with Crippen molar-refractivity contribution in [1.82, 2.24) is 10.6 Å². The second kappa shape index (κ2) is 4.41. The molecule has 3 heteroatoms. The van der Waals surface area contributed by atoms with E-state index in [-0.39, 0.29) is 6.04 Å². The van der Waals surface area contributed by atoms with Gasteiger partial charge < -0.3 is 15.4 Å². The van der Waals surface area contributed by atoms with Gasteiger partial charge in [0, 0.05) is 6.54 Å². The minimum absolute atomic E-state index is 0.0281. The van der Waals surface area contributed by atoms with Gasteiger partial charge in [-0.15, -0.1) is 0 Å². The number of hydrogen-bond donors (Lipinski definition) is 2. The predicted octanol–water partition coefficient (Wildman–Crippen LogP) is -0.473. The van der Waals surface area contributed by atoms with E-state index in [1.165, 1.54) is 6.42 Å². The zero-order valence-electron chi connectivity index (χ0n) is 6.10. The molecule has 0 aromatic rings. The molecule has 58 valence electrons. The van der Waals surface area contributed by atoms with Gasteiger partial charge in [0.2, 0.25) is 0 Å². The third-order valence-corrected chi connectivity index (χ3v) is 1.72.